The lowest BCUT2D eigenvalue weighted by atomic mass is 9.81. The summed E-state index contributed by atoms with van der Waals surface area (Å²) in [5.41, 5.74) is 7.19. The Bertz CT molecular complexity index is 280. The number of nitrogens with two attached hydrogens (primary N) is 1. The van der Waals surface area contributed by atoms with Gasteiger partial charge in [-0.05, 0) is 50.0 Å². The third kappa shape index (κ3) is 2.55. The third-order valence-corrected chi connectivity index (χ3v) is 3.32. The number of hydrogen-bond acceptors (Lipinski definition) is 3. The number of rotatable bonds is 3. The summed E-state index contributed by atoms with van der Waals surface area (Å²) < 4.78 is 0. The molecule has 3 heteroatoms. The van der Waals surface area contributed by atoms with E-state index in [0.717, 1.165) is 25.6 Å². The van der Waals surface area contributed by atoms with Crippen LogP contribution in [0.25, 0.3) is 0 Å². The van der Waals surface area contributed by atoms with Crippen molar-refractivity contribution in [2.75, 3.05) is 19.6 Å². The molecule has 1 aromatic heterocycles. The standard InChI is InChI=1S/C12H19N3/c13-8-12(10-3-6-14-7-4-10)11-2-1-5-15-9-11/h1-2,5,9-10,12,14H,3-4,6-8,13H2. The molecule has 0 aliphatic carbocycles. The second-order valence-electron chi connectivity index (χ2n) is 4.22. The molecule has 1 aliphatic rings. The highest BCUT2D eigenvalue weighted by molar-refractivity contribution is 5.16. The second-order valence-corrected chi connectivity index (χ2v) is 4.22. The summed E-state index contributed by atoms with van der Waals surface area (Å²) in [6.45, 7) is 2.99. The normalized spacial score (nSPS) is 20.1. The SMILES string of the molecule is NCC(c1cccnc1)C1CCNCC1. The Morgan fingerprint density at radius 1 is 1.47 bits per heavy atom. The lowest BCUT2D eigenvalue weighted by Crippen LogP contribution is -2.33. The van der Waals surface area contributed by atoms with E-state index in [-0.39, 0.29) is 0 Å². The minimum atomic E-state index is 0.487. The van der Waals surface area contributed by atoms with Crippen molar-refractivity contribution in [1.82, 2.24) is 10.3 Å². The van der Waals surface area contributed by atoms with Crippen molar-refractivity contribution in [1.29, 1.82) is 0 Å². The molecule has 1 aromatic rings. The molecule has 82 valence electrons. The van der Waals surface area contributed by atoms with Crippen LogP contribution >= 0.6 is 0 Å². The van der Waals surface area contributed by atoms with E-state index in [0.29, 0.717) is 5.92 Å². The highest BCUT2D eigenvalue weighted by atomic mass is 14.9. The summed E-state index contributed by atoms with van der Waals surface area (Å²) in [6.07, 6.45) is 6.24. The molecule has 0 radical (unpaired) electrons. The molecular formula is C12H19N3. The lowest BCUT2D eigenvalue weighted by Gasteiger charge is -2.30. The van der Waals surface area contributed by atoms with Gasteiger partial charge in [-0.2, -0.15) is 0 Å². The van der Waals surface area contributed by atoms with E-state index in [1.165, 1.54) is 18.4 Å². The van der Waals surface area contributed by atoms with Crippen LogP contribution in [0.5, 0.6) is 0 Å². The Labute approximate surface area is 91.1 Å². The van der Waals surface area contributed by atoms with Crippen LogP contribution in [-0.4, -0.2) is 24.6 Å². The van der Waals surface area contributed by atoms with Crippen molar-refractivity contribution < 1.29 is 0 Å². The Balaban J connectivity index is 2.09. The Kier molecular flexibility index (Phi) is 3.69. The van der Waals surface area contributed by atoms with Crippen molar-refractivity contribution in [2.45, 2.75) is 18.8 Å². The van der Waals surface area contributed by atoms with Crippen molar-refractivity contribution in [3.8, 4) is 0 Å². The molecule has 0 amide bonds. The predicted octanol–water partition coefficient (Wildman–Crippen LogP) is 1.12. The molecule has 2 rings (SSSR count). The third-order valence-electron chi connectivity index (χ3n) is 3.32. The summed E-state index contributed by atoms with van der Waals surface area (Å²) in [6, 6.07) is 4.14. The fraction of sp³-hybridized carbons (Fsp3) is 0.583. The van der Waals surface area contributed by atoms with Crippen LogP contribution < -0.4 is 11.1 Å². The van der Waals surface area contributed by atoms with Crippen LogP contribution in [0.2, 0.25) is 0 Å². The number of aromatic nitrogens is 1. The number of pyridine rings is 1. The van der Waals surface area contributed by atoms with Crippen LogP contribution in [0, 0.1) is 5.92 Å². The zero-order valence-electron chi connectivity index (χ0n) is 9.02. The van der Waals surface area contributed by atoms with Gasteiger partial charge < -0.3 is 11.1 Å². The maximum atomic E-state index is 5.89. The largest absolute Gasteiger partial charge is 0.330 e. The molecule has 0 spiro atoms. The first-order chi connectivity index (χ1) is 7.42. The van der Waals surface area contributed by atoms with Gasteiger partial charge in [0.1, 0.15) is 0 Å². The molecule has 3 N–H and O–H groups in total. The van der Waals surface area contributed by atoms with Gasteiger partial charge in [0.25, 0.3) is 0 Å². The molecule has 15 heavy (non-hydrogen) atoms. The zero-order valence-corrected chi connectivity index (χ0v) is 9.02. The lowest BCUT2D eigenvalue weighted by molar-refractivity contribution is 0.321. The molecule has 0 saturated carbocycles. The summed E-state index contributed by atoms with van der Waals surface area (Å²) in [5.74, 6) is 1.21. The van der Waals surface area contributed by atoms with E-state index in [1.807, 2.05) is 18.5 Å². The molecule has 1 fully saturated rings. The van der Waals surface area contributed by atoms with E-state index in [4.69, 9.17) is 5.73 Å². The van der Waals surface area contributed by atoms with Crippen LogP contribution in [0.15, 0.2) is 24.5 Å². The molecule has 1 unspecified atom stereocenters. The average molecular weight is 205 g/mol. The second kappa shape index (κ2) is 5.24. The maximum Gasteiger partial charge on any atom is 0.0303 e. The summed E-state index contributed by atoms with van der Waals surface area (Å²) in [5, 5.41) is 3.39. The smallest absolute Gasteiger partial charge is 0.0303 e. The summed E-state index contributed by atoms with van der Waals surface area (Å²) in [4.78, 5) is 4.18. The topological polar surface area (TPSA) is 50.9 Å². The van der Waals surface area contributed by atoms with Crippen molar-refractivity contribution in [3.05, 3.63) is 30.1 Å². The van der Waals surface area contributed by atoms with E-state index in [2.05, 4.69) is 16.4 Å². The molecule has 3 nitrogen and oxygen atoms in total. The molecule has 2 heterocycles. The molecular weight excluding hydrogens is 186 g/mol. The van der Waals surface area contributed by atoms with Gasteiger partial charge in [0.15, 0.2) is 0 Å². The minimum Gasteiger partial charge on any atom is -0.330 e. The molecule has 1 atom stereocenters. The predicted molar refractivity (Wildman–Crippen MR) is 61.6 cm³/mol. The van der Waals surface area contributed by atoms with Gasteiger partial charge in [-0.25, -0.2) is 0 Å². The first-order valence-electron chi connectivity index (χ1n) is 5.72. The Morgan fingerprint density at radius 3 is 2.87 bits per heavy atom. The van der Waals surface area contributed by atoms with Crippen molar-refractivity contribution >= 4 is 0 Å². The highest BCUT2D eigenvalue weighted by Crippen LogP contribution is 2.29. The maximum absolute atomic E-state index is 5.89. The zero-order chi connectivity index (χ0) is 10.5. The fourth-order valence-electron chi connectivity index (χ4n) is 2.44. The quantitative estimate of drug-likeness (QED) is 0.777. The highest BCUT2D eigenvalue weighted by Gasteiger charge is 2.23. The van der Waals surface area contributed by atoms with Gasteiger partial charge in [-0.3, -0.25) is 4.98 Å². The number of nitrogens with one attached hydrogen (secondary N) is 1. The average Bonchev–Trinajstić information content (AvgIpc) is 2.33. The Hall–Kier alpha value is -0.930. The van der Waals surface area contributed by atoms with E-state index in [1.54, 1.807) is 0 Å². The van der Waals surface area contributed by atoms with Gasteiger partial charge in [-0.15, -0.1) is 0 Å². The van der Waals surface area contributed by atoms with Gasteiger partial charge in [-0.1, -0.05) is 6.07 Å². The summed E-state index contributed by atoms with van der Waals surface area (Å²) >= 11 is 0. The van der Waals surface area contributed by atoms with E-state index in [9.17, 15) is 0 Å². The van der Waals surface area contributed by atoms with Crippen LogP contribution in [0.3, 0.4) is 0 Å². The van der Waals surface area contributed by atoms with Gasteiger partial charge in [0.2, 0.25) is 0 Å². The molecule has 0 bridgehead atoms. The van der Waals surface area contributed by atoms with Gasteiger partial charge >= 0.3 is 0 Å². The van der Waals surface area contributed by atoms with Crippen LogP contribution in [0.1, 0.15) is 24.3 Å². The number of nitrogens with zero attached hydrogens (tertiary/aromatic N) is 1. The van der Waals surface area contributed by atoms with Crippen molar-refractivity contribution in [3.63, 3.8) is 0 Å². The van der Waals surface area contributed by atoms with Gasteiger partial charge in [0, 0.05) is 18.3 Å². The Morgan fingerprint density at radius 2 is 2.27 bits per heavy atom. The molecule has 1 aliphatic heterocycles. The van der Waals surface area contributed by atoms with Crippen molar-refractivity contribution in [2.24, 2.45) is 11.7 Å². The first-order valence-corrected chi connectivity index (χ1v) is 5.72. The number of piperidine rings is 1. The summed E-state index contributed by atoms with van der Waals surface area (Å²) in [7, 11) is 0. The first kappa shape index (κ1) is 10.6. The van der Waals surface area contributed by atoms with E-state index >= 15 is 0 Å². The van der Waals surface area contributed by atoms with Crippen LogP contribution in [0.4, 0.5) is 0 Å². The minimum absolute atomic E-state index is 0.487. The number of hydrogen-bond donors (Lipinski definition) is 2. The molecule has 0 aromatic carbocycles. The van der Waals surface area contributed by atoms with Gasteiger partial charge in [0.05, 0.1) is 0 Å². The molecule has 1 saturated heterocycles. The fourth-order valence-corrected chi connectivity index (χ4v) is 2.44. The van der Waals surface area contributed by atoms with E-state index < -0.39 is 0 Å². The monoisotopic (exact) mass is 205 g/mol. The van der Waals surface area contributed by atoms with Crippen LogP contribution in [-0.2, 0) is 0 Å².